The van der Waals surface area contributed by atoms with Gasteiger partial charge in [0.05, 0.1) is 0 Å². The molecule has 28 heavy (non-hydrogen) atoms. The van der Waals surface area contributed by atoms with Crippen molar-refractivity contribution in [2.75, 3.05) is 28.6 Å². The minimum Gasteiger partial charge on any atom is -0.372 e. The number of hydrogen-bond acceptors (Lipinski definition) is 6. The maximum atomic E-state index is 12.4. The van der Waals surface area contributed by atoms with Gasteiger partial charge in [0, 0.05) is 42.3 Å². The second-order valence-corrected chi connectivity index (χ2v) is 6.50. The maximum Gasteiger partial charge on any atom is 0.257 e. The van der Waals surface area contributed by atoms with Crippen LogP contribution in [0.25, 0.3) is 0 Å². The van der Waals surface area contributed by atoms with Crippen molar-refractivity contribution >= 4 is 28.9 Å². The van der Waals surface area contributed by atoms with Crippen LogP contribution in [0.2, 0.25) is 0 Å². The summed E-state index contributed by atoms with van der Waals surface area (Å²) in [7, 11) is 0. The van der Waals surface area contributed by atoms with Gasteiger partial charge in [0.1, 0.15) is 11.6 Å². The highest BCUT2D eigenvalue weighted by Crippen LogP contribution is 2.25. The molecule has 7 heteroatoms. The second-order valence-electron chi connectivity index (χ2n) is 6.50. The van der Waals surface area contributed by atoms with Crippen molar-refractivity contribution in [3.05, 3.63) is 59.5 Å². The number of pyridine rings is 1. The number of aromatic nitrogens is 2. The van der Waals surface area contributed by atoms with E-state index in [4.69, 9.17) is 4.52 Å². The number of carbonyl (C=O) groups excluding carboxylic acids is 1. The highest BCUT2D eigenvalue weighted by atomic mass is 16.5. The van der Waals surface area contributed by atoms with Crippen molar-refractivity contribution in [1.29, 1.82) is 0 Å². The van der Waals surface area contributed by atoms with E-state index in [-0.39, 0.29) is 5.91 Å². The predicted octanol–water partition coefficient (Wildman–Crippen LogP) is 4.53. The Morgan fingerprint density at radius 3 is 2.50 bits per heavy atom. The normalized spacial score (nSPS) is 10.6. The first-order valence-electron chi connectivity index (χ1n) is 9.33. The molecule has 2 N–H and O–H groups in total. The molecular formula is C21H25N5O2. The molecular weight excluding hydrogens is 354 g/mol. The zero-order valence-corrected chi connectivity index (χ0v) is 16.6. The first-order valence-corrected chi connectivity index (χ1v) is 9.33. The third kappa shape index (κ3) is 4.49. The number of rotatable bonds is 7. The van der Waals surface area contributed by atoms with Crippen LogP contribution < -0.4 is 15.5 Å². The van der Waals surface area contributed by atoms with E-state index in [1.807, 2.05) is 6.07 Å². The predicted molar refractivity (Wildman–Crippen MR) is 111 cm³/mol. The molecule has 0 bridgehead atoms. The monoisotopic (exact) mass is 379 g/mol. The third-order valence-corrected chi connectivity index (χ3v) is 4.49. The molecule has 0 spiro atoms. The van der Waals surface area contributed by atoms with Gasteiger partial charge in [0.2, 0.25) is 0 Å². The number of anilines is 4. The average Bonchev–Trinajstić information content (AvgIpc) is 3.09. The SMILES string of the molecule is CCN(CC)c1ccc(Nc2cc(C(=O)Nc3cc(C)on3)ccn2)c(C)c1. The Morgan fingerprint density at radius 1 is 1.07 bits per heavy atom. The number of nitrogens with one attached hydrogen (secondary N) is 2. The van der Waals surface area contributed by atoms with Gasteiger partial charge in [-0.1, -0.05) is 5.16 Å². The molecule has 0 saturated heterocycles. The lowest BCUT2D eigenvalue weighted by Crippen LogP contribution is -2.21. The standard InChI is InChI=1S/C21H25N5O2/c1-5-26(6-2)17-7-8-18(14(3)11-17)23-19-13-16(9-10-22-19)21(27)24-20-12-15(4)28-25-20/h7-13H,5-6H2,1-4H3,(H,22,23)(H,24,25,27). The van der Waals surface area contributed by atoms with Gasteiger partial charge >= 0.3 is 0 Å². The molecule has 0 fully saturated rings. The summed E-state index contributed by atoms with van der Waals surface area (Å²) < 4.78 is 4.97. The molecule has 0 radical (unpaired) electrons. The summed E-state index contributed by atoms with van der Waals surface area (Å²) in [4.78, 5) is 19.0. The first-order chi connectivity index (χ1) is 13.5. The van der Waals surface area contributed by atoms with Crippen molar-refractivity contribution in [1.82, 2.24) is 10.1 Å². The molecule has 2 aromatic heterocycles. The van der Waals surface area contributed by atoms with Crippen molar-refractivity contribution < 1.29 is 9.32 Å². The zero-order chi connectivity index (χ0) is 20.1. The smallest absolute Gasteiger partial charge is 0.257 e. The van der Waals surface area contributed by atoms with E-state index in [1.165, 1.54) is 5.69 Å². The molecule has 146 valence electrons. The van der Waals surface area contributed by atoms with E-state index < -0.39 is 0 Å². The Hall–Kier alpha value is -3.35. The van der Waals surface area contributed by atoms with Gasteiger partial charge in [-0.15, -0.1) is 0 Å². The third-order valence-electron chi connectivity index (χ3n) is 4.49. The topological polar surface area (TPSA) is 83.3 Å². The maximum absolute atomic E-state index is 12.4. The quantitative estimate of drug-likeness (QED) is 0.628. The molecule has 1 aromatic carbocycles. The van der Waals surface area contributed by atoms with Crippen molar-refractivity contribution in [3.8, 4) is 0 Å². The van der Waals surface area contributed by atoms with Crippen molar-refractivity contribution in [2.45, 2.75) is 27.7 Å². The molecule has 0 aliphatic rings. The lowest BCUT2D eigenvalue weighted by Gasteiger charge is -2.22. The molecule has 0 saturated carbocycles. The summed E-state index contributed by atoms with van der Waals surface area (Å²) in [5, 5.41) is 9.78. The van der Waals surface area contributed by atoms with E-state index in [9.17, 15) is 4.79 Å². The van der Waals surface area contributed by atoms with Crippen LogP contribution in [0.15, 0.2) is 47.1 Å². The summed E-state index contributed by atoms with van der Waals surface area (Å²) >= 11 is 0. The van der Waals surface area contributed by atoms with Crippen LogP contribution in [0.5, 0.6) is 0 Å². The summed E-state index contributed by atoms with van der Waals surface area (Å²) in [6, 6.07) is 11.3. The van der Waals surface area contributed by atoms with E-state index in [0.717, 1.165) is 24.3 Å². The van der Waals surface area contributed by atoms with Crippen LogP contribution in [0.3, 0.4) is 0 Å². The van der Waals surface area contributed by atoms with Gasteiger partial charge in [-0.05, 0) is 63.6 Å². The summed E-state index contributed by atoms with van der Waals surface area (Å²) in [5.41, 5.74) is 3.74. The van der Waals surface area contributed by atoms with E-state index in [2.05, 4.69) is 58.6 Å². The van der Waals surface area contributed by atoms with E-state index >= 15 is 0 Å². The highest BCUT2D eigenvalue weighted by molar-refractivity contribution is 6.04. The van der Waals surface area contributed by atoms with Crippen molar-refractivity contribution in [3.63, 3.8) is 0 Å². The minimum atomic E-state index is -0.271. The fraction of sp³-hybridized carbons (Fsp3) is 0.286. The molecule has 0 aliphatic heterocycles. The summed E-state index contributed by atoms with van der Waals surface area (Å²) in [6.07, 6.45) is 1.60. The van der Waals surface area contributed by atoms with Crippen LogP contribution >= 0.6 is 0 Å². The number of benzene rings is 1. The zero-order valence-electron chi connectivity index (χ0n) is 16.6. The first kappa shape index (κ1) is 19.4. The van der Waals surface area contributed by atoms with Crippen LogP contribution in [0.1, 0.15) is 35.5 Å². The molecule has 3 rings (SSSR count). The molecule has 1 amide bonds. The van der Waals surface area contributed by atoms with Gasteiger partial charge < -0.3 is 20.1 Å². The van der Waals surface area contributed by atoms with Crippen LogP contribution in [-0.2, 0) is 0 Å². The lowest BCUT2D eigenvalue weighted by molar-refractivity contribution is 0.102. The van der Waals surface area contributed by atoms with Gasteiger partial charge in [-0.2, -0.15) is 0 Å². The van der Waals surface area contributed by atoms with Gasteiger partial charge in [-0.3, -0.25) is 4.79 Å². The number of amides is 1. The fourth-order valence-electron chi connectivity index (χ4n) is 2.97. The van der Waals surface area contributed by atoms with Gasteiger partial charge in [0.15, 0.2) is 5.82 Å². The largest absolute Gasteiger partial charge is 0.372 e. The number of nitrogens with zero attached hydrogens (tertiary/aromatic N) is 3. The molecule has 0 unspecified atom stereocenters. The van der Waals surface area contributed by atoms with Gasteiger partial charge in [0.25, 0.3) is 5.91 Å². The lowest BCUT2D eigenvalue weighted by atomic mass is 10.1. The Labute approximate surface area is 164 Å². The molecule has 3 aromatic rings. The molecule has 0 aliphatic carbocycles. The Bertz CT molecular complexity index is 963. The summed E-state index contributed by atoms with van der Waals surface area (Å²) in [5.74, 6) is 1.35. The number of carbonyl (C=O) groups is 1. The Balaban J connectivity index is 1.74. The second kappa shape index (κ2) is 8.56. The molecule has 0 atom stereocenters. The Morgan fingerprint density at radius 2 is 1.86 bits per heavy atom. The molecule has 7 nitrogen and oxygen atoms in total. The molecule has 2 heterocycles. The average molecular weight is 379 g/mol. The van der Waals surface area contributed by atoms with Crippen molar-refractivity contribution in [2.24, 2.45) is 0 Å². The van der Waals surface area contributed by atoms with E-state index in [1.54, 1.807) is 31.3 Å². The minimum absolute atomic E-state index is 0.271. The van der Waals surface area contributed by atoms with E-state index in [0.29, 0.717) is 23.0 Å². The number of aryl methyl sites for hydroxylation is 2. The van der Waals surface area contributed by atoms with Crippen LogP contribution in [-0.4, -0.2) is 29.1 Å². The van der Waals surface area contributed by atoms with Crippen LogP contribution in [0.4, 0.5) is 23.0 Å². The fourth-order valence-corrected chi connectivity index (χ4v) is 2.97. The Kier molecular flexibility index (Phi) is 5.93. The van der Waals surface area contributed by atoms with Gasteiger partial charge in [-0.25, -0.2) is 4.98 Å². The highest BCUT2D eigenvalue weighted by Gasteiger charge is 2.11. The van der Waals surface area contributed by atoms with Crippen LogP contribution in [0, 0.1) is 13.8 Å². The summed E-state index contributed by atoms with van der Waals surface area (Å²) in [6.45, 7) is 10.0. The number of hydrogen-bond donors (Lipinski definition) is 2.